The first-order chi connectivity index (χ1) is 9.70. The van der Waals surface area contributed by atoms with Gasteiger partial charge in [-0.25, -0.2) is 0 Å². The van der Waals surface area contributed by atoms with Gasteiger partial charge >= 0.3 is 8.80 Å². The minimum absolute atomic E-state index is 0.0756. The van der Waals surface area contributed by atoms with E-state index in [0.717, 1.165) is 5.19 Å². The summed E-state index contributed by atoms with van der Waals surface area (Å²) in [6, 6.07) is 9.95. The zero-order chi connectivity index (χ0) is 15.3. The summed E-state index contributed by atoms with van der Waals surface area (Å²) in [6.45, 7) is 9.78. The lowest BCUT2D eigenvalue weighted by molar-refractivity contribution is 0.0859. The average molecular weight is 317 g/mol. The first-order valence-electron chi connectivity index (χ1n) is 7.16. The lowest BCUT2D eigenvalue weighted by atomic mass is 10.4. The Morgan fingerprint density at radius 2 is 1.30 bits per heavy atom. The molecule has 0 saturated carbocycles. The van der Waals surface area contributed by atoms with Crippen molar-refractivity contribution >= 4 is 23.8 Å². The molecule has 0 heterocycles. The van der Waals surface area contributed by atoms with Gasteiger partial charge in [0.25, 0.3) is 0 Å². The molecule has 6 heteroatoms. The summed E-state index contributed by atoms with van der Waals surface area (Å²) in [5.74, 6) is 0. The predicted molar refractivity (Wildman–Crippen MR) is 88.1 cm³/mol. The van der Waals surface area contributed by atoms with Gasteiger partial charge in [0.15, 0.2) is 9.76 Å². The molecule has 1 rings (SSSR count). The van der Waals surface area contributed by atoms with E-state index < -0.39 is 8.80 Å². The molecule has 0 saturated heterocycles. The molecule has 4 nitrogen and oxygen atoms in total. The lowest BCUT2D eigenvalue weighted by Crippen LogP contribution is -2.56. The zero-order valence-corrected chi connectivity index (χ0v) is 15.8. The molecule has 0 unspecified atom stereocenters. The summed E-state index contributed by atoms with van der Waals surface area (Å²) in [6.07, 6.45) is 0. The summed E-state index contributed by atoms with van der Waals surface area (Å²) in [4.78, 5) is 0. The van der Waals surface area contributed by atoms with Gasteiger partial charge in [-0.05, 0) is 20.8 Å². The van der Waals surface area contributed by atoms with Crippen LogP contribution in [0.15, 0.2) is 30.3 Å². The molecule has 0 aliphatic rings. The number of rotatable bonds is 8. The molecule has 0 spiro atoms. The molecule has 0 aliphatic heterocycles. The van der Waals surface area contributed by atoms with Crippen LogP contribution in [0.4, 0.5) is 0 Å². The van der Waals surface area contributed by atoms with Crippen LogP contribution in [-0.2, 0) is 17.7 Å². The Labute approximate surface area is 126 Å². The van der Waals surface area contributed by atoms with Crippen molar-refractivity contribution in [3.05, 3.63) is 30.3 Å². The standard InChI is InChI=1S/C12H20O3Si.C2H8OSi/c1-4-13-16(14-5-2,15-6-3)12-10-8-7-9-11-12;1-3-4-2/h7-11H,4-6H2,1-3H3;4H2,1-2H3. The van der Waals surface area contributed by atoms with E-state index in [1.54, 1.807) is 7.11 Å². The second-order valence-electron chi connectivity index (χ2n) is 3.80. The molecule has 0 atom stereocenters. The fourth-order valence-corrected chi connectivity index (χ4v) is 4.08. The molecular weight excluding hydrogens is 288 g/mol. The van der Waals surface area contributed by atoms with Crippen LogP contribution in [0.3, 0.4) is 0 Å². The molecule has 1 aromatic carbocycles. The van der Waals surface area contributed by atoms with Gasteiger partial charge in [0.2, 0.25) is 0 Å². The molecule has 0 N–H and O–H groups in total. The van der Waals surface area contributed by atoms with Gasteiger partial charge in [-0.1, -0.05) is 36.9 Å². The maximum atomic E-state index is 5.79. The predicted octanol–water partition coefficient (Wildman–Crippen LogP) is 1.71. The van der Waals surface area contributed by atoms with E-state index in [0.29, 0.717) is 19.8 Å². The van der Waals surface area contributed by atoms with Crippen molar-refractivity contribution in [2.24, 2.45) is 0 Å². The van der Waals surface area contributed by atoms with Crippen molar-refractivity contribution in [3.63, 3.8) is 0 Å². The average Bonchev–Trinajstić information content (AvgIpc) is 2.49. The van der Waals surface area contributed by atoms with Crippen LogP contribution >= 0.6 is 0 Å². The molecule has 0 radical (unpaired) electrons. The highest BCUT2D eigenvalue weighted by atomic mass is 28.4. The van der Waals surface area contributed by atoms with Crippen LogP contribution in [0, 0.1) is 0 Å². The van der Waals surface area contributed by atoms with Crippen molar-refractivity contribution in [2.75, 3.05) is 26.9 Å². The monoisotopic (exact) mass is 316 g/mol. The summed E-state index contributed by atoms with van der Waals surface area (Å²) in [7, 11) is -1.00. The van der Waals surface area contributed by atoms with Gasteiger partial charge in [-0.3, -0.25) is 0 Å². The van der Waals surface area contributed by atoms with Crippen LogP contribution in [0.25, 0.3) is 0 Å². The summed E-state index contributed by atoms with van der Waals surface area (Å²) >= 11 is 0. The van der Waals surface area contributed by atoms with Gasteiger partial charge in [0, 0.05) is 32.1 Å². The van der Waals surface area contributed by atoms with E-state index >= 15 is 0 Å². The smallest absolute Gasteiger partial charge is 0.427 e. The Balaban J connectivity index is 0.000000796. The van der Waals surface area contributed by atoms with E-state index in [2.05, 4.69) is 11.0 Å². The van der Waals surface area contributed by atoms with Gasteiger partial charge in [-0.15, -0.1) is 0 Å². The zero-order valence-electron chi connectivity index (χ0n) is 13.3. The molecule has 0 bridgehead atoms. The highest BCUT2D eigenvalue weighted by Crippen LogP contribution is 2.10. The fourth-order valence-electron chi connectivity index (χ4n) is 1.59. The van der Waals surface area contributed by atoms with Crippen molar-refractivity contribution in [1.82, 2.24) is 0 Å². The normalized spacial score (nSPS) is 11.4. The highest BCUT2D eigenvalue weighted by molar-refractivity contribution is 6.75. The Morgan fingerprint density at radius 3 is 1.60 bits per heavy atom. The molecule has 0 aliphatic carbocycles. The van der Waals surface area contributed by atoms with Crippen molar-refractivity contribution < 1.29 is 17.7 Å². The third-order valence-electron chi connectivity index (χ3n) is 2.42. The van der Waals surface area contributed by atoms with Gasteiger partial charge in [0.05, 0.1) is 0 Å². The van der Waals surface area contributed by atoms with Gasteiger partial charge in [0.1, 0.15) is 0 Å². The van der Waals surface area contributed by atoms with Crippen LogP contribution in [0.2, 0.25) is 6.55 Å². The molecule has 116 valence electrons. The number of hydrogen-bond acceptors (Lipinski definition) is 4. The Morgan fingerprint density at radius 1 is 0.900 bits per heavy atom. The minimum atomic E-state index is -2.67. The van der Waals surface area contributed by atoms with E-state index in [9.17, 15) is 0 Å². The Hall–Kier alpha value is -0.506. The fraction of sp³-hybridized carbons (Fsp3) is 0.571. The molecule has 1 aromatic rings. The highest BCUT2D eigenvalue weighted by Gasteiger charge is 2.42. The molecule has 0 fully saturated rings. The van der Waals surface area contributed by atoms with Crippen molar-refractivity contribution in [3.8, 4) is 0 Å². The Bertz CT molecular complexity index is 303. The number of hydrogen-bond donors (Lipinski definition) is 0. The second-order valence-corrected chi connectivity index (χ2v) is 7.51. The van der Waals surface area contributed by atoms with E-state index in [1.807, 2.05) is 51.1 Å². The van der Waals surface area contributed by atoms with Gasteiger partial charge < -0.3 is 17.7 Å². The number of benzene rings is 1. The quantitative estimate of drug-likeness (QED) is 0.684. The second kappa shape index (κ2) is 12.3. The van der Waals surface area contributed by atoms with Crippen molar-refractivity contribution in [2.45, 2.75) is 27.3 Å². The Kier molecular flexibility index (Phi) is 11.9. The molecular formula is C14H28O4Si2. The molecule has 20 heavy (non-hydrogen) atoms. The summed E-state index contributed by atoms with van der Waals surface area (Å²) < 4.78 is 22.1. The third kappa shape index (κ3) is 6.78. The first-order valence-corrected chi connectivity index (χ1v) is 10.9. The van der Waals surface area contributed by atoms with E-state index in [4.69, 9.17) is 13.3 Å². The lowest BCUT2D eigenvalue weighted by Gasteiger charge is -2.28. The summed E-state index contributed by atoms with van der Waals surface area (Å²) in [5, 5.41) is 1.03. The largest absolute Gasteiger partial charge is 0.537 e. The molecule has 0 amide bonds. The van der Waals surface area contributed by atoms with Crippen LogP contribution in [-0.4, -0.2) is 45.5 Å². The summed E-state index contributed by atoms with van der Waals surface area (Å²) in [5.41, 5.74) is 0. The van der Waals surface area contributed by atoms with E-state index in [1.165, 1.54) is 0 Å². The SMILES string of the molecule is CCO[Si](OCC)(OCC)c1ccccc1.CO[SiH2]C. The van der Waals surface area contributed by atoms with Crippen LogP contribution in [0.5, 0.6) is 0 Å². The minimum Gasteiger partial charge on any atom is -0.427 e. The van der Waals surface area contributed by atoms with E-state index in [-0.39, 0.29) is 9.76 Å². The maximum Gasteiger partial charge on any atom is 0.537 e. The van der Waals surface area contributed by atoms with Crippen molar-refractivity contribution in [1.29, 1.82) is 0 Å². The third-order valence-corrected chi connectivity index (χ3v) is 6.04. The molecule has 0 aromatic heterocycles. The van der Waals surface area contributed by atoms with Crippen LogP contribution in [0.1, 0.15) is 20.8 Å². The topological polar surface area (TPSA) is 36.9 Å². The van der Waals surface area contributed by atoms with Gasteiger partial charge in [-0.2, -0.15) is 0 Å². The van der Waals surface area contributed by atoms with Crippen LogP contribution < -0.4 is 5.19 Å². The maximum absolute atomic E-state index is 5.79. The first kappa shape index (κ1) is 19.5.